The van der Waals surface area contributed by atoms with E-state index in [4.69, 9.17) is 0 Å². The van der Waals surface area contributed by atoms with Crippen molar-refractivity contribution in [1.29, 1.82) is 0 Å². The largest absolute Gasteiger partial charge is 0.259 e. The Morgan fingerprint density at radius 1 is 1.67 bits per heavy atom. The van der Waals surface area contributed by atoms with Crippen molar-refractivity contribution in [3.8, 4) is 0 Å². The van der Waals surface area contributed by atoms with Crippen molar-refractivity contribution in [1.82, 2.24) is 0 Å². The number of nitro groups is 1. The van der Waals surface area contributed by atoms with E-state index in [0.717, 1.165) is 11.8 Å². The zero-order valence-corrected chi connectivity index (χ0v) is 8.96. The van der Waals surface area contributed by atoms with Crippen LogP contribution in [-0.2, 0) is 0 Å². The zero-order valence-electron chi connectivity index (χ0n) is 8.14. The van der Waals surface area contributed by atoms with Crippen molar-refractivity contribution in [3.05, 3.63) is 51.3 Å². The molecule has 0 amide bonds. The number of allylic oxidation sites excluding steroid dienone is 1. The summed E-state index contributed by atoms with van der Waals surface area (Å²) in [4.78, 5) is 10.7. The lowest BCUT2D eigenvalue weighted by Crippen LogP contribution is -1.95. The molecule has 0 aliphatic heterocycles. The molecule has 0 spiro atoms. The molecule has 80 valence electrons. The summed E-state index contributed by atoms with van der Waals surface area (Å²) < 4.78 is 12.8. The van der Waals surface area contributed by atoms with Crippen molar-refractivity contribution in [2.24, 2.45) is 0 Å². The fraction of sp³-hybridized carbons (Fsp3) is 0.200. The standard InChI is InChI=1S/C10H10FNO2S/c1-2-9(12(13)14)7-15-10-5-3-4-8(11)6-10/h3-7H,2H2,1H3. The summed E-state index contributed by atoms with van der Waals surface area (Å²) in [6.45, 7) is 1.71. The fourth-order valence-electron chi connectivity index (χ4n) is 0.932. The molecule has 0 radical (unpaired) electrons. The fourth-order valence-corrected chi connectivity index (χ4v) is 1.79. The van der Waals surface area contributed by atoms with Crippen LogP contribution in [-0.4, -0.2) is 4.92 Å². The van der Waals surface area contributed by atoms with Crippen LogP contribution >= 0.6 is 11.8 Å². The summed E-state index contributed by atoms with van der Waals surface area (Å²) >= 11 is 1.15. The highest BCUT2D eigenvalue weighted by atomic mass is 32.2. The maximum Gasteiger partial charge on any atom is 0.252 e. The molecule has 0 bridgehead atoms. The van der Waals surface area contributed by atoms with Crippen LogP contribution in [0.25, 0.3) is 0 Å². The van der Waals surface area contributed by atoms with Crippen molar-refractivity contribution in [3.63, 3.8) is 0 Å². The maximum absolute atomic E-state index is 12.8. The predicted octanol–water partition coefficient (Wildman–Crippen LogP) is 3.45. The average molecular weight is 227 g/mol. The predicted molar refractivity (Wildman–Crippen MR) is 57.6 cm³/mol. The molecule has 1 aromatic rings. The monoisotopic (exact) mass is 227 g/mol. The topological polar surface area (TPSA) is 43.1 Å². The third kappa shape index (κ3) is 3.71. The first-order valence-electron chi connectivity index (χ1n) is 4.39. The third-order valence-corrected chi connectivity index (χ3v) is 2.64. The van der Waals surface area contributed by atoms with Crippen LogP contribution < -0.4 is 0 Å². The minimum Gasteiger partial charge on any atom is -0.259 e. The smallest absolute Gasteiger partial charge is 0.252 e. The number of hydrogen-bond donors (Lipinski definition) is 0. The van der Waals surface area contributed by atoms with Gasteiger partial charge in [-0.2, -0.15) is 0 Å². The van der Waals surface area contributed by atoms with E-state index in [0.29, 0.717) is 11.3 Å². The van der Waals surface area contributed by atoms with Gasteiger partial charge in [0.15, 0.2) is 0 Å². The van der Waals surface area contributed by atoms with E-state index in [1.165, 1.54) is 17.5 Å². The lowest BCUT2D eigenvalue weighted by Gasteiger charge is -1.96. The minimum absolute atomic E-state index is 0.129. The van der Waals surface area contributed by atoms with Crippen LogP contribution in [0.3, 0.4) is 0 Å². The van der Waals surface area contributed by atoms with Gasteiger partial charge in [0, 0.05) is 16.7 Å². The Labute approximate surface area is 91.1 Å². The number of nitrogens with zero attached hydrogens (tertiary/aromatic N) is 1. The molecule has 0 saturated carbocycles. The summed E-state index contributed by atoms with van der Waals surface area (Å²) in [7, 11) is 0. The van der Waals surface area contributed by atoms with E-state index < -0.39 is 4.92 Å². The Bertz CT molecular complexity index is 393. The van der Waals surface area contributed by atoms with E-state index in [9.17, 15) is 14.5 Å². The van der Waals surface area contributed by atoms with E-state index in [-0.39, 0.29) is 11.5 Å². The highest BCUT2D eigenvalue weighted by Gasteiger charge is 2.06. The average Bonchev–Trinajstić information content (AvgIpc) is 2.18. The molecule has 5 heteroatoms. The van der Waals surface area contributed by atoms with Gasteiger partial charge in [-0.3, -0.25) is 10.1 Å². The first-order chi connectivity index (χ1) is 7.13. The molecule has 0 aliphatic rings. The molecule has 0 fully saturated rings. The van der Waals surface area contributed by atoms with Gasteiger partial charge in [0.2, 0.25) is 0 Å². The van der Waals surface area contributed by atoms with Crippen molar-refractivity contribution in [2.45, 2.75) is 18.2 Å². The second-order valence-corrected chi connectivity index (χ2v) is 3.74. The van der Waals surface area contributed by atoms with Gasteiger partial charge >= 0.3 is 0 Å². The molecular formula is C10H10FNO2S. The molecule has 0 unspecified atom stereocenters. The molecule has 0 aromatic heterocycles. The molecule has 0 aliphatic carbocycles. The Morgan fingerprint density at radius 2 is 2.40 bits per heavy atom. The van der Waals surface area contributed by atoms with Gasteiger partial charge < -0.3 is 0 Å². The second kappa shape index (κ2) is 5.50. The molecule has 15 heavy (non-hydrogen) atoms. The van der Waals surface area contributed by atoms with Crippen molar-refractivity contribution >= 4 is 11.8 Å². The highest BCUT2D eigenvalue weighted by molar-refractivity contribution is 8.02. The number of benzene rings is 1. The van der Waals surface area contributed by atoms with E-state index in [1.54, 1.807) is 19.1 Å². The molecule has 0 saturated heterocycles. The van der Waals surface area contributed by atoms with Gasteiger partial charge in [0.05, 0.1) is 4.92 Å². The number of thioether (sulfide) groups is 1. The van der Waals surface area contributed by atoms with Gasteiger partial charge in [0.25, 0.3) is 5.70 Å². The summed E-state index contributed by atoms with van der Waals surface area (Å²) in [5.41, 5.74) is 0.129. The van der Waals surface area contributed by atoms with E-state index in [1.807, 2.05) is 0 Å². The maximum atomic E-state index is 12.8. The Hall–Kier alpha value is -1.36. The Morgan fingerprint density at radius 3 is 2.93 bits per heavy atom. The van der Waals surface area contributed by atoms with Gasteiger partial charge in [-0.1, -0.05) is 24.8 Å². The quantitative estimate of drug-likeness (QED) is 0.449. The second-order valence-electron chi connectivity index (χ2n) is 2.80. The molecule has 1 rings (SSSR count). The SMILES string of the molecule is CCC(=CSc1cccc(F)c1)[N+](=O)[O-]. The van der Waals surface area contributed by atoms with Gasteiger partial charge in [-0.15, -0.1) is 0 Å². The molecule has 0 atom stereocenters. The molecule has 0 N–H and O–H groups in total. The molecule has 1 aromatic carbocycles. The normalized spacial score (nSPS) is 11.5. The van der Waals surface area contributed by atoms with Crippen molar-refractivity contribution < 1.29 is 9.31 Å². The van der Waals surface area contributed by atoms with Gasteiger partial charge in [-0.25, -0.2) is 4.39 Å². The summed E-state index contributed by atoms with van der Waals surface area (Å²) in [6.07, 6.45) is 0.356. The number of halogens is 1. The zero-order chi connectivity index (χ0) is 11.3. The van der Waals surface area contributed by atoms with Crippen LogP contribution in [0, 0.1) is 15.9 Å². The Kier molecular flexibility index (Phi) is 4.30. The Balaban J connectivity index is 2.74. The van der Waals surface area contributed by atoms with Crippen LogP contribution in [0.1, 0.15) is 13.3 Å². The lowest BCUT2D eigenvalue weighted by atomic mass is 10.4. The number of hydrogen-bond acceptors (Lipinski definition) is 3. The summed E-state index contributed by atoms with van der Waals surface area (Å²) in [6, 6.07) is 5.96. The van der Waals surface area contributed by atoms with Crippen LogP contribution in [0.5, 0.6) is 0 Å². The third-order valence-electron chi connectivity index (χ3n) is 1.72. The van der Waals surface area contributed by atoms with Gasteiger partial charge in [0.1, 0.15) is 5.82 Å². The first kappa shape index (κ1) is 11.7. The molecular weight excluding hydrogens is 217 g/mol. The van der Waals surface area contributed by atoms with E-state index in [2.05, 4.69) is 0 Å². The summed E-state index contributed by atoms with van der Waals surface area (Å²) in [5, 5.41) is 11.9. The van der Waals surface area contributed by atoms with Crippen LogP contribution in [0.15, 0.2) is 40.3 Å². The lowest BCUT2D eigenvalue weighted by molar-refractivity contribution is -0.427. The minimum atomic E-state index is -0.424. The molecule has 0 heterocycles. The highest BCUT2D eigenvalue weighted by Crippen LogP contribution is 2.22. The number of rotatable bonds is 4. The van der Waals surface area contributed by atoms with Gasteiger partial charge in [-0.05, 0) is 18.2 Å². The van der Waals surface area contributed by atoms with Crippen LogP contribution in [0.2, 0.25) is 0 Å². The van der Waals surface area contributed by atoms with E-state index >= 15 is 0 Å². The summed E-state index contributed by atoms with van der Waals surface area (Å²) in [5.74, 6) is -0.340. The first-order valence-corrected chi connectivity index (χ1v) is 5.27. The molecule has 3 nitrogen and oxygen atoms in total. The van der Waals surface area contributed by atoms with Crippen molar-refractivity contribution in [2.75, 3.05) is 0 Å². The van der Waals surface area contributed by atoms with Crippen LogP contribution in [0.4, 0.5) is 4.39 Å².